The molecule has 2 aromatic heterocycles. The molecule has 0 N–H and O–H groups in total. The first-order chi connectivity index (χ1) is 10.8. The van der Waals surface area contributed by atoms with Crippen LogP contribution in [0.3, 0.4) is 0 Å². The van der Waals surface area contributed by atoms with Crippen molar-refractivity contribution in [1.29, 1.82) is 0 Å². The molecule has 0 aliphatic rings. The van der Waals surface area contributed by atoms with Crippen LogP contribution in [0.15, 0.2) is 36.7 Å². The summed E-state index contributed by atoms with van der Waals surface area (Å²) in [5, 5.41) is 0. The molecule has 0 unspecified atom stereocenters. The van der Waals surface area contributed by atoms with E-state index in [4.69, 9.17) is 37.3 Å². The molecule has 0 aliphatic carbocycles. The summed E-state index contributed by atoms with van der Waals surface area (Å²) in [4.78, 5) is 8.58. The topological polar surface area (TPSA) is 210 Å². The van der Waals surface area contributed by atoms with Gasteiger partial charge in [-0.3, -0.25) is 9.97 Å². The van der Waals surface area contributed by atoms with Crippen molar-refractivity contribution in [2.24, 2.45) is 0 Å². The van der Waals surface area contributed by atoms with Crippen LogP contribution in [0.5, 0.6) is 0 Å². The molecule has 2 rings (SSSR count). The molecule has 0 amide bonds. The number of rotatable bonds is 1. The summed E-state index contributed by atoms with van der Waals surface area (Å²) < 4.78 is 67.9. The van der Waals surface area contributed by atoms with Gasteiger partial charge in [0.05, 0.1) is 11.4 Å². The minimum absolute atomic E-state index is 0. The Morgan fingerprint density at radius 1 is 0.640 bits per heavy atom. The van der Waals surface area contributed by atoms with Gasteiger partial charge in [0.1, 0.15) is 0 Å². The van der Waals surface area contributed by atoms with Gasteiger partial charge in [-0.15, -0.1) is 20.5 Å². The first kappa shape index (κ1) is 26.3. The van der Waals surface area contributed by atoms with Gasteiger partial charge in [0.25, 0.3) is 0 Å². The zero-order chi connectivity index (χ0) is 19.0. The predicted octanol–water partition coefficient (Wildman–Crippen LogP) is -6.75. The number of halogens is 2. The Labute approximate surface area is 158 Å². The number of aryl methyl sites for hydroxylation is 2. The number of aromatic nitrogens is 2. The van der Waals surface area contributed by atoms with Gasteiger partial charge in [-0.25, -0.2) is 37.3 Å². The van der Waals surface area contributed by atoms with Crippen LogP contribution in [0.25, 0.3) is 11.4 Å². The van der Waals surface area contributed by atoms with Crippen LogP contribution in [0.2, 0.25) is 0 Å². The van der Waals surface area contributed by atoms with Gasteiger partial charge in [0.2, 0.25) is 0 Å². The van der Waals surface area contributed by atoms with Crippen molar-refractivity contribution in [2.45, 2.75) is 13.8 Å². The average Bonchev–Trinajstić information content (AvgIpc) is 2.34. The molecular weight excluding hydrogens is 427 g/mol. The summed E-state index contributed by atoms with van der Waals surface area (Å²) in [5.74, 6) is 0. The van der Waals surface area contributed by atoms with Crippen LogP contribution in [-0.4, -0.2) is 9.97 Å². The SMILES string of the molecule is Cc1ccnc(-c2cc(C)ccn2)c1.[Fe+2].[O-][Cl+3]([O-])([O-])[O-].[O-][Cl+3]([O-])([O-])[O-]. The third-order valence-electron chi connectivity index (χ3n) is 2.09. The average molecular weight is 439 g/mol. The molecule has 0 saturated carbocycles. The van der Waals surface area contributed by atoms with E-state index in [1.54, 1.807) is 0 Å². The van der Waals surface area contributed by atoms with E-state index in [0.29, 0.717) is 0 Å². The van der Waals surface area contributed by atoms with Crippen LogP contribution in [-0.2, 0) is 17.1 Å². The molecule has 13 heteroatoms. The molecule has 10 nitrogen and oxygen atoms in total. The monoisotopic (exact) mass is 438 g/mol. The minimum atomic E-state index is -4.94. The predicted molar refractivity (Wildman–Crippen MR) is 56.9 cm³/mol. The third kappa shape index (κ3) is 19.3. The van der Waals surface area contributed by atoms with Gasteiger partial charge in [0, 0.05) is 12.4 Å². The van der Waals surface area contributed by atoms with Crippen molar-refractivity contribution in [2.75, 3.05) is 0 Å². The Bertz CT molecular complexity index is 569. The summed E-state index contributed by atoms with van der Waals surface area (Å²) in [6.45, 7) is 4.11. The fourth-order valence-corrected chi connectivity index (χ4v) is 1.35. The largest absolute Gasteiger partial charge is 2.00 e. The van der Waals surface area contributed by atoms with E-state index in [9.17, 15) is 0 Å². The maximum absolute atomic E-state index is 8.49. The number of hydrogen-bond donors (Lipinski definition) is 0. The molecule has 2 aromatic rings. The Morgan fingerprint density at radius 2 is 0.880 bits per heavy atom. The summed E-state index contributed by atoms with van der Waals surface area (Å²) in [6, 6.07) is 8.06. The summed E-state index contributed by atoms with van der Waals surface area (Å²) in [5.41, 5.74) is 4.29. The second-order valence-electron chi connectivity index (χ2n) is 4.19. The molecule has 2 heterocycles. The third-order valence-corrected chi connectivity index (χ3v) is 2.09. The van der Waals surface area contributed by atoms with Gasteiger partial charge < -0.3 is 0 Å². The standard InChI is InChI=1S/C12H12N2.2ClHO4.Fe/c1-9-3-5-13-11(7-9)12-8-10(2)4-6-14-12;2*2-1(3,4)5;/h3-8H,1-2H3;2*(H,2,3,4,5);/q;;;+2/p-2. The van der Waals surface area contributed by atoms with E-state index in [0.717, 1.165) is 11.4 Å². The minimum Gasteiger partial charge on any atom is -0.255 e. The molecule has 140 valence electrons. The Morgan fingerprint density at radius 3 is 1.08 bits per heavy atom. The van der Waals surface area contributed by atoms with Crippen molar-refractivity contribution >= 4 is 0 Å². The van der Waals surface area contributed by atoms with Crippen LogP contribution in [0.4, 0.5) is 0 Å². The number of pyridine rings is 2. The zero-order valence-electron chi connectivity index (χ0n) is 12.7. The van der Waals surface area contributed by atoms with E-state index < -0.39 is 20.5 Å². The van der Waals surface area contributed by atoms with Gasteiger partial charge in [-0.2, -0.15) is 0 Å². The maximum atomic E-state index is 8.49. The van der Waals surface area contributed by atoms with Crippen LogP contribution < -0.4 is 37.3 Å². The second kappa shape index (κ2) is 11.6. The molecular formula is C12H12Cl2FeN2O8. The summed E-state index contributed by atoms with van der Waals surface area (Å²) in [6.07, 6.45) is 3.63. The summed E-state index contributed by atoms with van der Waals surface area (Å²) in [7, 11) is -9.89. The van der Waals surface area contributed by atoms with Crippen LogP contribution in [0, 0.1) is 34.3 Å². The van der Waals surface area contributed by atoms with E-state index in [1.807, 2.05) is 36.7 Å². The van der Waals surface area contributed by atoms with Crippen molar-refractivity contribution in [3.05, 3.63) is 47.8 Å². The Kier molecular flexibility index (Phi) is 12.3. The van der Waals surface area contributed by atoms with E-state index in [-0.39, 0.29) is 17.1 Å². The Hall–Kier alpha value is -0.921. The van der Waals surface area contributed by atoms with Crippen molar-refractivity contribution in [3.8, 4) is 11.4 Å². The summed E-state index contributed by atoms with van der Waals surface area (Å²) >= 11 is 0. The number of nitrogens with zero attached hydrogens (tertiary/aromatic N) is 2. The molecule has 0 bridgehead atoms. The molecule has 0 atom stereocenters. The molecule has 0 saturated heterocycles. The van der Waals surface area contributed by atoms with Gasteiger partial charge in [-0.1, -0.05) is 0 Å². The van der Waals surface area contributed by atoms with Crippen molar-refractivity contribution in [1.82, 2.24) is 9.97 Å². The normalized spacial score (nSPS) is 10.5. The van der Waals surface area contributed by atoms with Crippen LogP contribution in [0.1, 0.15) is 11.1 Å². The molecule has 25 heavy (non-hydrogen) atoms. The zero-order valence-corrected chi connectivity index (χ0v) is 15.4. The van der Waals surface area contributed by atoms with Crippen molar-refractivity contribution in [3.63, 3.8) is 0 Å². The van der Waals surface area contributed by atoms with E-state index in [2.05, 4.69) is 23.8 Å². The molecule has 0 radical (unpaired) electrons. The first-order valence-corrected chi connectivity index (χ1v) is 8.32. The smallest absolute Gasteiger partial charge is 0.255 e. The van der Waals surface area contributed by atoms with E-state index in [1.165, 1.54) is 11.1 Å². The molecule has 0 aliphatic heterocycles. The molecule has 0 fully saturated rings. The van der Waals surface area contributed by atoms with Crippen molar-refractivity contribution < 1.29 is 74.8 Å². The quantitative estimate of drug-likeness (QED) is 0.383. The fraction of sp³-hybridized carbons (Fsp3) is 0.167. The van der Waals surface area contributed by atoms with Gasteiger partial charge in [0.15, 0.2) is 0 Å². The van der Waals surface area contributed by atoms with Crippen LogP contribution >= 0.6 is 0 Å². The molecule has 0 spiro atoms. The number of hydrogen-bond acceptors (Lipinski definition) is 10. The van der Waals surface area contributed by atoms with Gasteiger partial charge in [-0.05, 0) is 49.2 Å². The fourth-order valence-electron chi connectivity index (χ4n) is 1.35. The first-order valence-electron chi connectivity index (χ1n) is 5.85. The Balaban J connectivity index is 0. The van der Waals surface area contributed by atoms with Gasteiger partial charge >= 0.3 is 17.1 Å². The van der Waals surface area contributed by atoms with E-state index >= 15 is 0 Å². The second-order valence-corrected chi connectivity index (χ2v) is 5.70. The molecule has 0 aromatic carbocycles. The maximum Gasteiger partial charge on any atom is 2.00 e.